The number of amides is 2. The summed E-state index contributed by atoms with van der Waals surface area (Å²) < 4.78 is 34.3. The highest BCUT2D eigenvalue weighted by Crippen LogP contribution is 2.32. The number of methoxy groups -OCH3 is 1. The van der Waals surface area contributed by atoms with Crippen molar-refractivity contribution >= 4 is 21.7 Å². The Balaban J connectivity index is 1.61. The van der Waals surface area contributed by atoms with E-state index in [1.54, 1.807) is 18.2 Å². The lowest BCUT2D eigenvalue weighted by atomic mass is 10.2. The summed E-state index contributed by atoms with van der Waals surface area (Å²) in [6.07, 6.45) is 5.53. The zero-order valence-electron chi connectivity index (χ0n) is 16.8. The van der Waals surface area contributed by atoms with Crippen LogP contribution in [0.3, 0.4) is 0 Å². The minimum absolute atomic E-state index is 0.107. The fourth-order valence-corrected chi connectivity index (χ4v) is 3.83. The van der Waals surface area contributed by atoms with Gasteiger partial charge in [-0.2, -0.15) is 0 Å². The van der Waals surface area contributed by atoms with Gasteiger partial charge in [0.2, 0.25) is 0 Å². The number of hydrogen-bond acceptors (Lipinski definition) is 6. The van der Waals surface area contributed by atoms with E-state index in [4.69, 9.17) is 9.47 Å². The highest BCUT2D eigenvalue weighted by molar-refractivity contribution is 7.90. The molecule has 0 heterocycles. The van der Waals surface area contributed by atoms with Gasteiger partial charge in [-0.25, -0.2) is 8.42 Å². The fourth-order valence-electron chi connectivity index (χ4n) is 3.20. The molecule has 0 saturated heterocycles. The van der Waals surface area contributed by atoms with E-state index in [0.717, 1.165) is 31.9 Å². The van der Waals surface area contributed by atoms with Gasteiger partial charge in [0.25, 0.3) is 11.8 Å². The summed E-state index contributed by atoms with van der Waals surface area (Å²) in [4.78, 5) is 24.7. The molecule has 1 fully saturated rings. The van der Waals surface area contributed by atoms with Crippen molar-refractivity contribution in [1.29, 1.82) is 0 Å². The maximum absolute atomic E-state index is 12.4. The highest BCUT2D eigenvalue weighted by atomic mass is 32.2. The summed E-state index contributed by atoms with van der Waals surface area (Å²) in [5, 5.41) is 0. The van der Waals surface area contributed by atoms with Gasteiger partial charge in [0.1, 0.15) is 0 Å². The van der Waals surface area contributed by atoms with Crippen LogP contribution >= 0.6 is 0 Å². The van der Waals surface area contributed by atoms with Crippen LogP contribution in [0.4, 0.5) is 0 Å². The van der Waals surface area contributed by atoms with Crippen molar-refractivity contribution in [2.24, 2.45) is 0 Å². The lowest BCUT2D eigenvalue weighted by molar-refractivity contribution is 0.0846. The first kappa shape index (κ1) is 21.6. The molecule has 9 heteroatoms. The van der Waals surface area contributed by atoms with Crippen molar-refractivity contribution in [3.05, 3.63) is 53.6 Å². The topological polar surface area (TPSA) is 111 Å². The number of hydrazine groups is 1. The first-order chi connectivity index (χ1) is 14.3. The molecule has 2 aromatic rings. The van der Waals surface area contributed by atoms with Crippen LogP contribution in [0, 0.1) is 0 Å². The molecule has 8 nitrogen and oxygen atoms in total. The van der Waals surface area contributed by atoms with E-state index in [9.17, 15) is 18.0 Å². The van der Waals surface area contributed by atoms with Crippen LogP contribution in [-0.2, 0) is 9.84 Å². The van der Waals surface area contributed by atoms with Gasteiger partial charge >= 0.3 is 0 Å². The van der Waals surface area contributed by atoms with Gasteiger partial charge in [0.05, 0.1) is 18.1 Å². The van der Waals surface area contributed by atoms with Gasteiger partial charge in [-0.1, -0.05) is 0 Å². The Morgan fingerprint density at radius 3 is 2.03 bits per heavy atom. The lowest BCUT2D eigenvalue weighted by Crippen LogP contribution is -2.41. The summed E-state index contributed by atoms with van der Waals surface area (Å²) >= 11 is 0. The van der Waals surface area contributed by atoms with Gasteiger partial charge in [-0.05, 0) is 68.1 Å². The predicted molar refractivity (Wildman–Crippen MR) is 110 cm³/mol. The van der Waals surface area contributed by atoms with Gasteiger partial charge in [-0.15, -0.1) is 0 Å². The Morgan fingerprint density at radius 2 is 1.47 bits per heavy atom. The van der Waals surface area contributed by atoms with Gasteiger partial charge in [-0.3, -0.25) is 20.4 Å². The average Bonchev–Trinajstić information content (AvgIpc) is 3.24. The van der Waals surface area contributed by atoms with Gasteiger partial charge in [0.15, 0.2) is 21.3 Å². The number of rotatable bonds is 6. The summed E-state index contributed by atoms with van der Waals surface area (Å²) in [5.41, 5.74) is 5.14. The van der Waals surface area contributed by atoms with E-state index in [-0.39, 0.29) is 16.6 Å². The number of sulfone groups is 1. The van der Waals surface area contributed by atoms with Crippen LogP contribution in [0.2, 0.25) is 0 Å². The third-order valence-electron chi connectivity index (χ3n) is 4.86. The minimum atomic E-state index is -3.35. The largest absolute Gasteiger partial charge is 0.493 e. The smallest absolute Gasteiger partial charge is 0.269 e. The van der Waals surface area contributed by atoms with Crippen molar-refractivity contribution in [2.75, 3.05) is 13.4 Å². The SMILES string of the molecule is COc1cc(C(=O)NNC(=O)c2ccc(S(C)(=O)=O)cc2)ccc1OC1CCCC1. The second-order valence-corrected chi connectivity index (χ2v) is 9.11. The Kier molecular flexibility index (Phi) is 6.61. The Labute approximate surface area is 175 Å². The maximum atomic E-state index is 12.4. The van der Waals surface area contributed by atoms with Crippen molar-refractivity contribution in [1.82, 2.24) is 10.9 Å². The molecule has 3 rings (SSSR count). The summed E-state index contributed by atoms with van der Waals surface area (Å²) in [6, 6.07) is 10.2. The Bertz CT molecular complexity index is 1030. The van der Waals surface area contributed by atoms with Crippen LogP contribution in [-0.4, -0.2) is 39.7 Å². The van der Waals surface area contributed by atoms with Crippen LogP contribution in [0.1, 0.15) is 46.4 Å². The molecule has 0 aromatic heterocycles. The molecule has 0 aliphatic heterocycles. The fraction of sp³-hybridized carbons (Fsp3) is 0.333. The van der Waals surface area contributed by atoms with Crippen LogP contribution < -0.4 is 20.3 Å². The second kappa shape index (κ2) is 9.17. The molecular weight excluding hydrogens is 408 g/mol. The molecule has 160 valence electrons. The van der Waals surface area contributed by atoms with E-state index in [2.05, 4.69) is 10.9 Å². The average molecular weight is 432 g/mol. The molecule has 2 N–H and O–H groups in total. The summed E-state index contributed by atoms with van der Waals surface area (Å²) in [5.74, 6) is -0.0773. The molecule has 2 amide bonds. The maximum Gasteiger partial charge on any atom is 0.269 e. The predicted octanol–water partition coefficient (Wildman–Crippen LogP) is 2.49. The van der Waals surface area contributed by atoms with Gasteiger partial charge in [0, 0.05) is 17.4 Å². The molecule has 0 unspecified atom stereocenters. The van der Waals surface area contributed by atoms with Crippen molar-refractivity contribution in [2.45, 2.75) is 36.7 Å². The quantitative estimate of drug-likeness (QED) is 0.679. The number of carbonyl (C=O) groups is 2. The molecule has 1 saturated carbocycles. The van der Waals surface area contributed by atoms with Crippen molar-refractivity contribution in [3.8, 4) is 11.5 Å². The molecule has 0 spiro atoms. The van der Waals surface area contributed by atoms with Gasteiger partial charge < -0.3 is 9.47 Å². The van der Waals surface area contributed by atoms with E-state index < -0.39 is 21.7 Å². The number of nitrogens with one attached hydrogen (secondary N) is 2. The Hall–Kier alpha value is -3.07. The third kappa shape index (κ3) is 5.29. The van der Waals surface area contributed by atoms with Crippen molar-refractivity contribution < 1.29 is 27.5 Å². The lowest BCUT2D eigenvalue weighted by Gasteiger charge is -2.16. The van der Waals surface area contributed by atoms with Crippen molar-refractivity contribution in [3.63, 3.8) is 0 Å². The highest BCUT2D eigenvalue weighted by Gasteiger charge is 2.19. The van der Waals surface area contributed by atoms with Crippen LogP contribution in [0.15, 0.2) is 47.4 Å². The second-order valence-electron chi connectivity index (χ2n) is 7.09. The molecule has 1 aliphatic carbocycles. The van der Waals surface area contributed by atoms with E-state index in [1.807, 2.05) is 0 Å². The first-order valence-corrected chi connectivity index (χ1v) is 11.4. The van der Waals surface area contributed by atoms with E-state index in [0.29, 0.717) is 17.1 Å². The van der Waals surface area contributed by atoms with E-state index >= 15 is 0 Å². The Morgan fingerprint density at radius 1 is 0.900 bits per heavy atom. The molecule has 0 atom stereocenters. The molecular formula is C21H24N2O6S. The molecule has 0 radical (unpaired) electrons. The standard InChI is InChI=1S/C21H24N2O6S/c1-28-19-13-15(9-12-18(19)29-16-5-3-4-6-16)21(25)23-22-20(24)14-7-10-17(11-8-14)30(2,26)27/h7-13,16H,3-6H2,1-2H3,(H,22,24)(H,23,25). The van der Waals surface area contributed by atoms with E-state index in [1.165, 1.54) is 31.4 Å². The number of ether oxygens (including phenoxy) is 2. The zero-order valence-corrected chi connectivity index (χ0v) is 17.6. The number of carbonyl (C=O) groups excluding carboxylic acids is 2. The summed E-state index contributed by atoms with van der Waals surface area (Å²) in [6.45, 7) is 0. The molecule has 1 aliphatic rings. The first-order valence-electron chi connectivity index (χ1n) is 9.53. The minimum Gasteiger partial charge on any atom is -0.493 e. The molecule has 0 bridgehead atoms. The molecule has 30 heavy (non-hydrogen) atoms. The van der Waals surface area contributed by atoms with Crippen LogP contribution in [0.25, 0.3) is 0 Å². The number of hydrogen-bond donors (Lipinski definition) is 2. The number of benzene rings is 2. The summed E-state index contributed by atoms with van der Waals surface area (Å²) in [7, 11) is -1.85. The monoisotopic (exact) mass is 432 g/mol. The van der Waals surface area contributed by atoms with Crippen LogP contribution in [0.5, 0.6) is 11.5 Å². The zero-order chi connectivity index (χ0) is 21.7. The third-order valence-corrected chi connectivity index (χ3v) is 5.98. The normalized spacial score (nSPS) is 14.2. The molecule has 2 aromatic carbocycles.